The van der Waals surface area contributed by atoms with Gasteiger partial charge in [-0.3, -0.25) is 9.69 Å². The Morgan fingerprint density at radius 2 is 1.24 bits per heavy atom. The summed E-state index contributed by atoms with van der Waals surface area (Å²) in [7, 11) is 0. The van der Waals surface area contributed by atoms with Crippen LogP contribution in [0.25, 0.3) is 0 Å². The molecule has 0 fully saturated rings. The molecule has 1 aromatic heterocycles. The molecule has 0 radical (unpaired) electrons. The highest BCUT2D eigenvalue weighted by Crippen LogP contribution is 2.19. The molecular weight excluding hydrogens is 442 g/mol. The molecule has 1 rings (SSSR count). The highest BCUT2D eigenvalue weighted by Gasteiger charge is 2.36. The first-order valence-corrected chi connectivity index (χ1v) is 11.1. The number of hydrogen-bond acceptors (Lipinski definition) is 8. The minimum atomic E-state index is -1.12. The Bertz CT molecular complexity index is 837. The third kappa shape index (κ3) is 10.6. The first-order chi connectivity index (χ1) is 15.4. The molecule has 0 aliphatic rings. The first kappa shape index (κ1) is 28.9. The standard InChI is InChI=1S/C24H37N3O7/c1-22(2,3)32-19(29)26(17-13-10-11-15-25-17)16-12-14-18(28)27(20(30)33-23(4,5)6)21(31)34-24(7,8)9/h10-11,13,15H,12,14,16H2,1-9H3. The zero-order valence-electron chi connectivity index (χ0n) is 21.6. The summed E-state index contributed by atoms with van der Waals surface area (Å²) in [6, 6.07) is 5.07. The van der Waals surface area contributed by atoms with Crippen molar-refractivity contribution in [2.24, 2.45) is 0 Å². The van der Waals surface area contributed by atoms with Crippen LogP contribution in [0.1, 0.15) is 75.2 Å². The van der Waals surface area contributed by atoms with E-state index in [1.165, 1.54) is 11.1 Å². The van der Waals surface area contributed by atoms with E-state index in [1.54, 1.807) is 80.5 Å². The number of hydrogen-bond donors (Lipinski definition) is 0. The van der Waals surface area contributed by atoms with Gasteiger partial charge in [-0.2, -0.15) is 0 Å². The topological polar surface area (TPSA) is 115 Å². The van der Waals surface area contributed by atoms with Crippen LogP contribution < -0.4 is 4.90 Å². The van der Waals surface area contributed by atoms with Crippen molar-refractivity contribution in [1.82, 2.24) is 9.88 Å². The average Bonchev–Trinajstić information content (AvgIpc) is 2.61. The first-order valence-electron chi connectivity index (χ1n) is 11.1. The Labute approximate surface area is 201 Å². The van der Waals surface area contributed by atoms with Gasteiger partial charge in [-0.05, 0) is 80.9 Å². The van der Waals surface area contributed by atoms with E-state index < -0.39 is 41.0 Å². The van der Waals surface area contributed by atoms with Gasteiger partial charge in [0.05, 0.1) is 0 Å². The molecule has 34 heavy (non-hydrogen) atoms. The summed E-state index contributed by atoms with van der Waals surface area (Å²) < 4.78 is 15.9. The summed E-state index contributed by atoms with van der Waals surface area (Å²) in [6.45, 7) is 15.0. The van der Waals surface area contributed by atoms with Gasteiger partial charge in [0.1, 0.15) is 22.6 Å². The Morgan fingerprint density at radius 3 is 1.65 bits per heavy atom. The quantitative estimate of drug-likeness (QED) is 0.522. The van der Waals surface area contributed by atoms with E-state index in [1.807, 2.05) is 0 Å². The normalized spacial score (nSPS) is 11.9. The number of carbonyl (C=O) groups excluding carboxylic acids is 4. The molecule has 0 aliphatic heterocycles. The van der Waals surface area contributed by atoms with Crippen LogP contribution in [0.15, 0.2) is 24.4 Å². The lowest BCUT2D eigenvalue weighted by molar-refractivity contribution is -0.129. The van der Waals surface area contributed by atoms with Crippen LogP contribution in [0.2, 0.25) is 0 Å². The number of aromatic nitrogens is 1. The third-order valence-corrected chi connectivity index (χ3v) is 3.71. The highest BCUT2D eigenvalue weighted by atomic mass is 16.6. The number of carbonyl (C=O) groups is 4. The molecule has 0 bridgehead atoms. The minimum Gasteiger partial charge on any atom is -0.443 e. The van der Waals surface area contributed by atoms with E-state index >= 15 is 0 Å². The Balaban J connectivity index is 3.00. The fourth-order valence-corrected chi connectivity index (χ4v) is 2.52. The average molecular weight is 480 g/mol. The molecule has 4 amide bonds. The van der Waals surface area contributed by atoms with Gasteiger partial charge in [0.2, 0.25) is 5.91 Å². The molecule has 10 nitrogen and oxygen atoms in total. The Kier molecular flexibility index (Phi) is 9.60. The molecule has 0 saturated heterocycles. The molecule has 0 atom stereocenters. The van der Waals surface area contributed by atoms with Crippen molar-refractivity contribution in [3.63, 3.8) is 0 Å². The molecular formula is C24H37N3O7. The number of nitrogens with zero attached hydrogens (tertiary/aromatic N) is 3. The maximum Gasteiger partial charge on any atom is 0.426 e. The van der Waals surface area contributed by atoms with Gasteiger partial charge in [0.25, 0.3) is 0 Å². The minimum absolute atomic E-state index is 0.0636. The lowest BCUT2D eigenvalue weighted by Gasteiger charge is -2.28. The molecule has 1 heterocycles. The van der Waals surface area contributed by atoms with Crippen LogP contribution >= 0.6 is 0 Å². The Morgan fingerprint density at radius 1 is 0.765 bits per heavy atom. The van der Waals surface area contributed by atoms with Crippen molar-refractivity contribution < 1.29 is 33.4 Å². The molecule has 190 valence electrons. The number of ether oxygens (including phenoxy) is 3. The van der Waals surface area contributed by atoms with E-state index in [9.17, 15) is 19.2 Å². The summed E-state index contributed by atoms with van der Waals surface area (Å²) in [5.41, 5.74) is -2.58. The summed E-state index contributed by atoms with van der Waals surface area (Å²) in [5.74, 6) is -0.464. The van der Waals surface area contributed by atoms with Crippen LogP contribution in [0, 0.1) is 0 Å². The largest absolute Gasteiger partial charge is 0.443 e. The van der Waals surface area contributed by atoms with Crippen molar-refractivity contribution in [1.29, 1.82) is 0 Å². The number of imide groups is 3. The summed E-state index contributed by atoms with van der Waals surface area (Å²) in [6.07, 6.45) is -1.46. The number of anilines is 1. The van der Waals surface area contributed by atoms with Gasteiger partial charge in [0.15, 0.2) is 0 Å². The number of amides is 4. The van der Waals surface area contributed by atoms with Crippen LogP contribution in [0.4, 0.5) is 20.2 Å². The van der Waals surface area contributed by atoms with Crippen molar-refractivity contribution in [3.05, 3.63) is 24.4 Å². The van der Waals surface area contributed by atoms with E-state index in [0.717, 1.165) is 0 Å². The second-order valence-electron chi connectivity index (χ2n) is 10.6. The number of rotatable bonds is 5. The van der Waals surface area contributed by atoms with Crippen molar-refractivity contribution in [2.45, 2.75) is 92.0 Å². The van der Waals surface area contributed by atoms with Crippen molar-refractivity contribution in [2.75, 3.05) is 11.4 Å². The van der Waals surface area contributed by atoms with Crippen LogP contribution in [-0.4, -0.2) is 57.4 Å². The van der Waals surface area contributed by atoms with Crippen molar-refractivity contribution in [3.8, 4) is 0 Å². The van der Waals surface area contributed by atoms with Gasteiger partial charge in [-0.1, -0.05) is 6.07 Å². The molecule has 0 aromatic carbocycles. The molecule has 0 unspecified atom stereocenters. The van der Waals surface area contributed by atoms with Gasteiger partial charge < -0.3 is 14.2 Å². The molecule has 10 heteroatoms. The van der Waals surface area contributed by atoms with E-state index in [4.69, 9.17) is 14.2 Å². The maximum absolute atomic E-state index is 12.9. The Hall–Kier alpha value is -3.17. The van der Waals surface area contributed by atoms with Crippen LogP contribution in [-0.2, 0) is 19.0 Å². The van der Waals surface area contributed by atoms with E-state index in [-0.39, 0.29) is 19.4 Å². The second kappa shape index (κ2) is 11.3. The predicted molar refractivity (Wildman–Crippen MR) is 126 cm³/mol. The molecule has 0 aliphatic carbocycles. The zero-order valence-corrected chi connectivity index (χ0v) is 21.6. The summed E-state index contributed by atoms with van der Waals surface area (Å²) in [5, 5.41) is 0. The summed E-state index contributed by atoms with van der Waals surface area (Å²) >= 11 is 0. The van der Waals surface area contributed by atoms with E-state index in [2.05, 4.69) is 4.98 Å². The molecule has 0 spiro atoms. The lowest BCUT2D eigenvalue weighted by atomic mass is 10.2. The fourth-order valence-electron chi connectivity index (χ4n) is 2.52. The third-order valence-electron chi connectivity index (χ3n) is 3.71. The zero-order chi connectivity index (χ0) is 26.3. The molecule has 0 saturated carbocycles. The van der Waals surface area contributed by atoms with Crippen LogP contribution in [0.3, 0.4) is 0 Å². The smallest absolute Gasteiger partial charge is 0.426 e. The fraction of sp³-hybridized carbons (Fsp3) is 0.625. The second-order valence-corrected chi connectivity index (χ2v) is 10.6. The van der Waals surface area contributed by atoms with Gasteiger partial charge in [0, 0.05) is 19.2 Å². The number of pyridine rings is 1. The maximum atomic E-state index is 12.9. The SMILES string of the molecule is CC(C)(C)OC(=O)N(C(=O)CCCN(C(=O)OC(C)(C)C)c1ccccn1)C(=O)OC(C)(C)C. The van der Waals surface area contributed by atoms with E-state index in [0.29, 0.717) is 10.7 Å². The predicted octanol–water partition coefficient (Wildman–Crippen LogP) is 5.30. The molecule has 1 aromatic rings. The van der Waals surface area contributed by atoms with Gasteiger partial charge >= 0.3 is 18.3 Å². The molecule has 0 N–H and O–H groups in total. The summed E-state index contributed by atoms with van der Waals surface area (Å²) in [4.78, 5) is 56.6. The van der Waals surface area contributed by atoms with Crippen molar-refractivity contribution >= 4 is 30.0 Å². The van der Waals surface area contributed by atoms with Gasteiger partial charge in [-0.25, -0.2) is 19.4 Å². The van der Waals surface area contributed by atoms with Gasteiger partial charge in [-0.15, -0.1) is 4.90 Å². The lowest BCUT2D eigenvalue weighted by Crippen LogP contribution is -2.47. The highest BCUT2D eigenvalue weighted by molar-refractivity contribution is 6.06. The monoisotopic (exact) mass is 479 g/mol. The van der Waals surface area contributed by atoms with Crippen LogP contribution in [0.5, 0.6) is 0 Å².